The second kappa shape index (κ2) is 5.82. The van der Waals surface area contributed by atoms with Crippen LogP contribution in [-0.4, -0.2) is 37.6 Å². The van der Waals surface area contributed by atoms with Gasteiger partial charge in [-0.3, -0.25) is 9.59 Å². The Labute approximate surface area is 88.9 Å². The fourth-order valence-corrected chi connectivity index (χ4v) is 1.50. The molecule has 0 aromatic carbocycles. The second-order valence-corrected chi connectivity index (χ2v) is 3.59. The summed E-state index contributed by atoms with van der Waals surface area (Å²) in [5, 5.41) is 0. The standard InChI is InChI=1S/C10H17NO4/c1-2-15-10(13)8(11)5-9(12)7-3-4-14-6-7/h7-8H,2-6,11H2,1H3. The van der Waals surface area contributed by atoms with E-state index in [4.69, 9.17) is 15.2 Å². The molecular formula is C10H17NO4. The predicted octanol–water partition coefficient (Wildman–Crippen LogP) is -0.127. The number of carbonyl (C=O) groups excluding carboxylic acids is 2. The third-order valence-electron chi connectivity index (χ3n) is 2.40. The average Bonchev–Trinajstić information content (AvgIpc) is 2.70. The number of ether oxygens (including phenoxy) is 2. The van der Waals surface area contributed by atoms with Crippen molar-refractivity contribution in [2.24, 2.45) is 11.7 Å². The van der Waals surface area contributed by atoms with Crippen LogP contribution in [0.25, 0.3) is 0 Å². The smallest absolute Gasteiger partial charge is 0.323 e. The van der Waals surface area contributed by atoms with Gasteiger partial charge in [-0.2, -0.15) is 0 Å². The fourth-order valence-electron chi connectivity index (χ4n) is 1.50. The molecule has 1 aliphatic heterocycles. The molecule has 1 fully saturated rings. The van der Waals surface area contributed by atoms with E-state index in [0.29, 0.717) is 13.2 Å². The lowest BCUT2D eigenvalue weighted by atomic mass is 9.98. The summed E-state index contributed by atoms with van der Waals surface area (Å²) in [6.07, 6.45) is 0.779. The van der Waals surface area contributed by atoms with Crippen LogP contribution in [0.5, 0.6) is 0 Å². The van der Waals surface area contributed by atoms with Crippen LogP contribution in [0.4, 0.5) is 0 Å². The third kappa shape index (κ3) is 3.60. The van der Waals surface area contributed by atoms with Crippen molar-refractivity contribution in [2.45, 2.75) is 25.8 Å². The molecule has 1 rings (SSSR count). The van der Waals surface area contributed by atoms with Gasteiger partial charge < -0.3 is 15.2 Å². The van der Waals surface area contributed by atoms with Crippen molar-refractivity contribution in [2.75, 3.05) is 19.8 Å². The zero-order chi connectivity index (χ0) is 11.3. The van der Waals surface area contributed by atoms with Crippen molar-refractivity contribution in [1.82, 2.24) is 0 Å². The molecule has 15 heavy (non-hydrogen) atoms. The maximum absolute atomic E-state index is 11.6. The minimum Gasteiger partial charge on any atom is -0.465 e. The van der Waals surface area contributed by atoms with Crippen LogP contribution in [0.1, 0.15) is 19.8 Å². The van der Waals surface area contributed by atoms with E-state index in [1.807, 2.05) is 0 Å². The molecule has 0 amide bonds. The van der Waals surface area contributed by atoms with Crippen LogP contribution in [0.3, 0.4) is 0 Å². The molecule has 0 radical (unpaired) electrons. The lowest BCUT2D eigenvalue weighted by Gasteiger charge is -2.11. The molecule has 1 saturated heterocycles. The van der Waals surface area contributed by atoms with E-state index in [1.165, 1.54) is 0 Å². The maximum atomic E-state index is 11.6. The van der Waals surface area contributed by atoms with Gasteiger partial charge in [0.05, 0.1) is 13.2 Å². The minimum atomic E-state index is -0.835. The lowest BCUT2D eigenvalue weighted by Crippen LogP contribution is -2.36. The highest BCUT2D eigenvalue weighted by Crippen LogP contribution is 2.15. The zero-order valence-electron chi connectivity index (χ0n) is 8.90. The number of rotatable bonds is 5. The van der Waals surface area contributed by atoms with E-state index in [2.05, 4.69) is 0 Å². The van der Waals surface area contributed by atoms with Crippen molar-refractivity contribution in [3.8, 4) is 0 Å². The Balaban J connectivity index is 2.33. The predicted molar refractivity (Wildman–Crippen MR) is 53.2 cm³/mol. The van der Waals surface area contributed by atoms with E-state index < -0.39 is 12.0 Å². The Kier molecular flexibility index (Phi) is 4.71. The Bertz CT molecular complexity index is 236. The van der Waals surface area contributed by atoms with Gasteiger partial charge in [0.15, 0.2) is 0 Å². The van der Waals surface area contributed by atoms with E-state index in [9.17, 15) is 9.59 Å². The van der Waals surface area contributed by atoms with Gasteiger partial charge in [-0.1, -0.05) is 0 Å². The molecule has 2 N–H and O–H groups in total. The summed E-state index contributed by atoms with van der Waals surface area (Å²) in [5.74, 6) is -0.608. The normalized spacial score (nSPS) is 22.4. The summed E-state index contributed by atoms with van der Waals surface area (Å²) < 4.78 is 9.81. The number of ketones is 1. The summed E-state index contributed by atoms with van der Waals surface area (Å²) >= 11 is 0. The monoisotopic (exact) mass is 215 g/mol. The Hall–Kier alpha value is -0.940. The molecule has 1 aliphatic rings. The van der Waals surface area contributed by atoms with Gasteiger partial charge in [0.2, 0.25) is 0 Å². The van der Waals surface area contributed by atoms with Crippen molar-refractivity contribution >= 4 is 11.8 Å². The van der Waals surface area contributed by atoms with Gasteiger partial charge in [0, 0.05) is 18.9 Å². The molecule has 2 atom stereocenters. The average molecular weight is 215 g/mol. The van der Waals surface area contributed by atoms with Crippen molar-refractivity contribution in [3.05, 3.63) is 0 Å². The van der Waals surface area contributed by atoms with E-state index in [1.54, 1.807) is 6.92 Å². The van der Waals surface area contributed by atoms with Crippen molar-refractivity contribution < 1.29 is 19.1 Å². The van der Waals surface area contributed by atoms with Crippen LogP contribution in [0.15, 0.2) is 0 Å². The summed E-state index contributed by atoms with van der Waals surface area (Å²) in [4.78, 5) is 22.8. The first-order valence-electron chi connectivity index (χ1n) is 5.17. The number of Topliss-reactive ketones (excluding diaryl/α,β-unsaturated/α-hetero) is 1. The summed E-state index contributed by atoms with van der Waals surface area (Å²) in [6.45, 7) is 3.06. The molecular weight excluding hydrogens is 198 g/mol. The molecule has 5 heteroatoms. The van der Waals surface area contributed by atoms with E-state index >= 15 is 0 Å². The number of esters is 1. The first-order chi connectivity index (χ1) is 7.15. The van der Waals surface area contributed by atoms with Crippen LogP contribution >= 0.6 is 0 Å². The molecule has 1 heterocycles. The summed E-state index contributed by atoms with van der Waals surface area (Å²) in [5.41, 5.74) is 5.54. The highest BCUT2D eigenvalue weighted by Gasteiger charge is 2.27. The summed E-state index contributed by atoms with van der Waals surface area (Å²) in [6, 6.07) is -0.835. The molecule has 0 aromatic rings. The maximum Gasteiger partial charge on any atom is 0.323 e. The lowest BCUT2D eigenvalue weighted by molar-refractivity contribution is -0.146. The van der Waals surface area contributed by atoms with Crippen molar-refractivity contribution in [3.63, 3.8) is 0 Å². The number of nitrogens with two attached hydrogens (primary N) is 1. The minimum absolute atomic E-state index is 0.00643. The van der Waals surface area contributed by atoms with Crippen LogP contribution in [0.2, 0.25) is 0 Å². The van der Waals surface area contributed by atoms with Gasteiger partial charge in [0.25, 0.3) is 0 Å². The molecule has 0 spiro atoms. The van der Waals surface area contributed by atoms with Crippen LogP contribution in [-0.2, 0) is 19.1 Å². The van der Waals surface area contributed by atoms with E-state index in [0.717, 1.165) is 6.42 Å². The van der Waals surface area contributed by atoms with E-state index in [-0.39, 0.29) is 24.7 Å². The molecule has 0 aliphatic carbocycles. The highest BCUT2D eigenvalue weighted by atomic mass is 16.5. The Morgan fingerprint density at radius 3 is 2.87 bits per heavy atom. The molecule has 86 valence electrons. The largest absolute Gasteiger partial charge is 0.465 e. The van der Waals surface area contributed by atoms with Crippen LogP contribution in [0, 0.1) is 5.92 Å². The first kappa shape index (κ1) is 12.1. The molecule has 0 saturated carbocycles. The number of hydrogen-bond donors (Lipinski definition) is 1. The molecule has 2 unspecified atom stereocenters. The van der Waals surface area contributed by atoms with Crippen LogP contribution < -0.4 is 5.73 Å². The zero-order valence-corrected chi connectivity index (χ0v) is 8.90. The Morgan fingerprint density at radius 2 is 2.33 bits per heavy atom. The highest BCUT2D eigenvalue weighted by molar-refractivity contribution is 5.87. The summed E-state index contributed by atoms with van der Waals surface area (Å²) in [7, 11) is 0. The van der Waals surface area contributed by atoms with Crippen molar-refractivity contribution in [1.29, 1.82) is 0 Å². The number of hydrogen-bond acceptors (Lipinski definition) is 5. The Morgan fingerprint density at radius 1 is 1.60 bits per heavy atom. The second-order valence-electron chi connectivity index (χ2n) is 3.59. The van der Waals surface area contributed by atoms with Gasteiger partial charge in [-0.15, -0.1) is 0 Å². The molecule has 0 aromatic heterocycles. The first-order valence-corrected chi connectivity index (χ1v) is 5.17. The molecule has 5 nitrogen and oxygen atoms in total. The quantitative estimate of drug-likeness (QED) is 0.646. The van der Waals surface area contributed by atoms with Gasteiger partial charge >= 0.3 is 5.97 Å². The molecule has 0 bridgehead atoms. The van der Waals surface area contributed by atoms with Gasteiger partial charge in [0.1, 0.15) is 11.8 Å². The van der Waals surface area contributed by atoms with Gasteiger partial charge in [-0.05, 0) is 13.3 Å². The van der Waals surface area contributed by atoms with Gasteiger partial charge in [-0.25, -0.2) is 0 Å². The topological polar surface area (TPSA) is 78.6 Å². The third-order valence-corrected chi connectivity index (χ3v) is 2.40. The number of carbonyl (C=O) groups is 2. The SMILES string of the molecule is CCOC(=O)C(N)CC(=O)C1CCOC1. The fraction of sp³-hybridized carbons (Fsp3) is 0.800.